The fraction of sp³-hybridized carbons (Fsp3) is 0.0909. The van der Waals surface area contributed by atoms with Gasteiger partial charge in [0.1, 0.15) is 0 Å². The molecule has 0 fully saturated rings. The molecule has 0 aliphatic heterocycles. The Bertz CT molecular complexity index is 760. The molecule has 1 aromatic carbocycles. The summed E-state index contributed by atoms with van der Waals surface area (Å²) in [5, 5.41) is 2.27. The molecule has 1 radical (unpaired) electrons. The molecule has 0 amide bonds. The lowest BCUT2D eigenvalue weighted by Gasteiger charge is -2.08. The van der Waals surface area contributed by atoms with Crippen molar-refractivity contribution in [3.8, 4) is 0 Å². The molecule has 0 aliphatic rings. The Morgan fingerprint density at radius 3 is 2.56 bits per heavy atom. The van der Waals surface area contributed by atoms with Crippen molar-refractivity contribution in [2.75, 3.05) is 6.26 Å². The Hall–Kier alpha value is -1.75. The summed E-state index contributed by atoms with van der Waals surface area (Å²) in [5.74, 6) is 0. The van der Waals surface area contributed by atoms with Gasteiger partial charge >= 0.3 is 0 Å². The van der Waals surface area contributed by atoms with Crippen LogP contribution >= 0.6 is 0 Å². The Balaban J connectivity index is 2.64. The molecule has 4 rings (SSSR count). The number of hydrogen-bond donors (Lipinski definition) is 0. The first kappa shape index (κ1) is 9.47. The number of fused-ring (bicyclic) bond motifs is 2. The summed E-state index contributed by atoms with van der Waals surface area (Å²) in [4.78, 5) is 8.34. The van der Waals surface area contributed by atoms with Crippen LogP contribution < -0.4 is 0 Å². The third kappa shape index (κ3) is 1.18. The lowest BCUT2D eigenvalue weighted by Crippen LogP contribution is -2.00. The van der Waals surface area contributed by atoms with Gasteiger partial charge in [-0.25, -0.2) is 18.4 Å². The highest BCUT2D eigenvalue weighted by Gasteiger charge is 2.16. The first-order valence-electron chi connectivity index (χ1n) is 4.65. The van der Waals surface area contributed by atoms with Crippen LogP contribution in [0.15, 0.2) is 29.4 Å². The zero-order chi connectivity index (χ0) is 11.3. The van der Waals surface area contributed by atoms with Crippen molar-refractivity contribution in [1.29, 1.82) is 0 Å². The van der Waals surface area contributed by atoms with Crippen LogP contribution in [0.25, 0.3) is 21.8 Å². The fourth-order valence-electron chi connectivity index (χ4n) is 1.83. The Labute approximate surface area is 92.2 Å². The monoisotopic (exact) mass is 231 g/mol. The van der Waals surface area contributed by atoms with Gasteiger partial charge in [0.15, 0.2) is 15.5 Å². The smallest absolute Gasteiger partial charge is 0.176 e. The van der Waals surface area contributed by atoms with Gasteiger partial charge in [-0.05, 0) is 5.39 Å². The first-order valence-corrected chi connectivity index (χ1v) is 6.54. The van der Waals surface area contributed by atoms with E-state index in [1.54, 1.807) is 18.5 Å². The van der Waals surface area contributed by atoms with Crippen LogP contribution in [0.1, 0.15) is 0 Å². The van der Waals surface area contributed by atoms with Gasteiger partial charge in [0.05, 0.1) is 4.90 Å². The van der Waals surface area contributed by atoms with Crippen LogP contribution in [0.5, 0.6) is 0 Å². The van der Waals surface area contributed by atoms with E-state index in [-0.39, 0.29) is 4.90 Å². The molecule has 0 atom stereocenters. The molecular weight excluding hydrogens is 224 g/mol. The van der Waals surface area contributed by atoms with Crippen molar-refractivity contribution in [1.82, 2.24) is 9.97 Å². The predicted molar refractivity (Wildman–Crippen MR) is 60.2 cm³/mol. The van der Waals surface area contributed by atoms with E-state index in [9.17, 15) is 8.42 Å². The number of hydrogen-bond acceptors (Lipinski definition) is 4. The second kappa shape index (κ2) is 2.89. The fourth-order valence-corrected chi connectivity index (χ4v) is 2.68. The molecule has 3 heterocycles. The lowest BCUT2D eigenvalue weighted by atomic mass is 10.1. The van der Waals surface area contributed by atoms with Crippen LogP contribution in [0, 0.1) is 6.07 Å². The van der Waals surface area contributed by atoms with Crippen molar-refractivity contribution in [2.45, 2.75) is 4.90 Å². The standard InChI is InChI=1S/C11H7N2O2S/c1-16(14,15)9-4-2-3-8-7-5-12-11(10(8)9)13-6-7/h2-3,5-6H,1H3. The molecule has 79 valence electrons. The molecule has 0 unspecified atom stereocenters. The van der Waals surface area contributed by atoms with E-state index >= 15 is 0 Å². The van der Waals surface area contributed by atoms with E-state index in [0.717, 1.165) is 10.8 Å². The van der Waals surface area contributed by atoms with Crippen LogP contribution in [0.2, 0.25) is 0 Å². The quantitative estimate of drug-likeness (QED) is 0.635. The number of sulfone groups is 1. The van der Waals surface area contributed by atoms with E-state index in [2.05, 4.69) is 16.0 Å². The van der Waals surface area contributed by atoms with E-state index < -0.39 is 9.84 Å². The molecule has 5 heteroatoms. The minimum absolute atomic E-state index is 0.172. The van der Waals surface area contributed by atoms with E-state index in [0.29, 0.717) is 11.0 Å². The Morgan fingerprint density at radius 1 is 1.25 bits per heavy atom. The van der Waals surface area contributed by atoms with Crippen molar-refractivity contribution in [2.24, 2.45) is 0 Å². The maximum Gasteiger partial charge on any atom is 0.176 e. The number of nitrogens with zero attached hydrogens (tertiary/aromatic N) is 2. The van der Waals surface area contributed by atoms with Gasteiger partial charge in [0.2, 0.25) is 0 Å². The largest absolute Gasteiger partial charge is 0.236 e. The van der Waals surface area contributed by atoms with E-state index in [4.69, 9.17) is 0 Å². The summed E-state index contributed by atoms with van der Waals surface area (Å²) < 4.78 is 23.2. The SMILES string of the molecule is CS(=O)(=O)c1[c]ccc2c3cnc(nc3)c12. The lowest BCUT2D eigenvalue weighted by molar-refractivity contribution is 0.602. The summed E-state index contributed by atoms with van der Waals surface area (Å²) >= 11 is 0. The zero-order valence-corrected chi connectivity index (χ0v) is 9.25. The van der Waals surface area contributed by atoms with Gasteiger partial charge in [0, 0.05) is 35.5 Å². The van der Waals surface area contributed by atoms with Gasteiger partial charge in [-0.15, -0.1) is 0 Å². The van der Waals surface area contributed by atoms with Crippen LogP contribution in [-0.4, -0.2) is 24.6 Å². The maximum absolute atomic E-state index is 11.6. The molecule has 0 saturated carbocycles. The van der Waals surface area contributed by atoms with Crippen molar-refractivity contribution in [3.63, 3.8) is 0 Å². The van der Waals surface area contributed by atoms with Crippen LogP contribution in [-0.2, 0) is 9.84 Å². The van der Waals surface area contributed by atoms with Gasteiger partial charge < -0.3 is 0 Å². The number of benzene rings is 1. The molecule has 0 aliphatic carbocycles. The molecular formula is C11H7N2O2S. The molecule has 3 aromatic heterocycles. The van der Waals surface area contributed by atoms with Gasteiger partial charge in [-0.3, -0.25) is 0 Å². The molecule has 0 spiro atoms. The summed E-state index contributed by atoms with van der Waals surface area (Å²) in [6.45, 7) is 0. The molecule has 4 aromatic rings. The molecule has 0 N–H and O–H groups in total. The van der Waals surface area contributed by atoms with E-state index in [1.165, 1.54) is 6.26 Å². The Kier molecular flexibility index (Phi) is 1.71. The number of pyridine rings is 2. The predicted octanol–water partition coefficient (Wildman–Crippen LogP) is 1.42. The normalized spacial score (nSPS) is 12.6. The maximum atomic E-state index is 11.6. The highest BCUT2D eigenvalue weighted by atomic mass is 32.2. The minimum atomic E-state index is -3.30. The summed E-state index contributed by atoms with van der Waals surface area (Å²) in [5.41, 5.74) is 0.447. The summed E-state index contributed by atoms with van der Waals surface area (Å²) in [7, 11) is -3.30. The van der Waals surface area contributed by atoms with Crippen LogP contribution in [0.4, 0.5) is 0 Å². The zero-order valence-electron chi connectivity index (χ0n) is 8.43. The average molecular weight is 231 g/mol. The minimum Gasteiger partial charge on any atom is -0.236 e. The van der Waals surface area contributed by atoms with Crippen molar-refractivity contribution < 1.29 is 8.42 Å². The topological polar surface area (TPSA) is 59.9 Å². The third-order valence-electron chi connectivity index (χ3n) is 2.52. The second-order valence-electron chi connectivity index (χ2n) is 3.66. The van der Waals surface area contributed by atoms with E-state index in [1.807, 2.05) is 6.07 Å². The average Bonchev–Trinajstić information content (AvgIpc) is 2.29. The van der Waals surface area contributed by atoms with Crippen molar-refractivity contribution >= 4 is 31.6 Å². The second-order valence-corrected chi connectivity index (χ2v) is 5.62. The van der Waals surface area contributed by atoms with Gasteiger partial charge in [0.25, 0.3) is 0 Å². The number of rotatable bonds is 1. The van der Waals surface area contributed by atoms with Crippen LogP contribution in [0.3, 0.4) is 0 Å². The van der Waals surface area contributed by atoms with Gasteiger partial charge in [-0.2, -0.15) is 0 Å². The molecule has 16 heavy (non-hydrogen) atoms. The highest BCUT2D eigenvalue weighted by Crippen LogP contribution is 2.29. The highest BCUT2D eigenvalue weighted by molar-refractivity contribution is 7.91. The first-order chi connectivity index (χ1) is 7.57. The summed E-state index contributed by atoms with van der Waals surface area (Å²) in [6, 6.07) is 6.20. The summed E-state index contributed by atoms with van der Waals surface area (Å²) in [6.07, 6.45) is 4.55. The number of aromatic nitrogens is 2. The molecule has 2 bridgehead atoms. The molecule has 4 nitrogen and oxygen atoms in total. The van der Waals surface area contributed by atoms with Crippen molar-refractivity contribution in [3.05, 3.63) is 30.6 Å². The van der Waals surface area contributed by atoms with Gasteiger partial charge in [-0.1, -0.05) is 12.1 Å². The third-order valence-corrected chi connectivity index (χ3v) is 3.58. The Morgan fingerprint density at radius 2 is 1.94 bits per heavy atom. The molecule has 0 saturated heterocycles.